The third-order valence-corrected chi connectivity index (χ3v) is 2.12. The Morgan fingerprint density at radius 2 is 1.88 bits per heavy atom. The second-order valence-corrected chi connectivity index (χ2v) is 3.39. The second-order valence-electron chi connectivity index (χ2n) is 3.39. The fraction of sp³-hybridized carbons (Fsp3) is 0.273. The summed E-state index contributed by atoms with van der Waals surface area (Å²) in [6.45, 7) is 1.30. The first-order valence-corrected chi connectivity index (χ1v) is 4.78. The number of carbonyl (C=O) groups excluding carboxylic acids is 1. The molecule has 0 bridgehead atoms. The molecule has 1 atom stereocenters. The zero-order chi connectivity index (χ0) is 12.1. The van der Waals surface area contributed by atoms with Crippen molar-refractivity contribution in [3.8, 4) is 0 Å². The van der Waals surface area contributed by atoms with Crippen LogP contribution in [0.25, 0.3) is 0 Å². The summed E-state index contributed by atoms with van der Waals surface area (Å²) >= 11 is 0. The predicted molar refractivity (Wildman–Crippen MR) is 56.9 cm³/mol. The van der Waals surface area contributed by atoms with Crippen molar-refractivity contribution in [3.63, 3.8) is 0 Å². The fourth-order valence-electron chi connectivity index (χ4n) is 1.10. The predicted octanol–water partition coefficient (Wildman–Crippen LogP) is 0.382. The Labute approximate surface area is 92.7 Å². The van der Waals surface area contributed by atoms with Crippen molar-refractivity contribution in [3.05, 3.63) is 35.4 Å². The van der Waals surface area contributed by atoms with Crippen LogP contribution in [0.1, 0.15) is 22.8 Å². The Balaban J connectivity index is 2.69. The van der Waals surface area contributed by atoms with Crippen LogP contribution in [0.15, 0.2) is 24.3 Å². The third kappa shape index (κ3) is 3.06. The average molecular weight is 223 g/mol. The second kappa shape index (κ2) is 5.27. The minimum atomic E-state index is -1.08. The summed E-state index contributed by atoms with van der Waals surface area (Å²) in [4.78, 5) is 22.0. The zero-order valence-corrected chi connectivity index (χ0v) is 8.80. The van der Waals surface area contributed by atoms with Gasteiger partial charge in [0, 0.05) is 5.56 Å². The van der Waals surface area contributed by atoms with E-state index in [1.54, 1.807) is 12.1 Å². The molecule has 16 heavy (non-hydrogen) atoms. The van der Waals surface area contributed by atoms with E-state index in [1.807, 2.05) is 0 Å². The number of aliphatic carboxylic acids is 1. The molecule has 1 amide bonds. The number of rotatable bonds is 4. The maximum atomic E-state index is 11.5. The summed E-state index contributed by atoms with van der Waals surface area (Å²) in [5.74, 6) is -1.53. The topological polar surface area (TPSA) is 86.6 Å². The van der Waals surface area contributed by atoms with Crippen molar-refractivity contribution >= 4 is 11.9 Å². The number of aliphatic hydroxyl groups is 1. The largest absolute Gasteiger partial charge is 0.480 e. The van der Waals surface area contributed by atoms with Gasteiger partial charge >= 0.3 is 5.97 Å². The lowest BCUT2D eigenvalue weighted by Gasteiger charge is -2.09. The van der Waals surface area contributed by atoms with E-state index in [-0.39, 0.29) is 6.61 Å². The van der Waals surface area contributed by atoms with Gasteiger partial charge in [0.2, 0.25) is 0 Å². The Morgan fingerprint density at radius 3 is 2.31 bits per heavy atom. The first-order chi connectivity index (χ1) is 7.54. The lowest BCUT2D eigenvalue weighted by atomic mass is 10.1. The van der Waals surface area contributed by atoms with Crippen molar-refractivity contribution < 1.29 is 19.8 Å². The molecule has 3 N–H and O–H groups in total. The Bertz CT molecular complexity index is 385. The smallest absolute Gasteiger partial charge is 0.325 e. The highest BCUT2D eigenvalue weighted by Gasteiger charge is 2.14. The molecular weight excluding hydrogens is 210 g/mol. The monoisotopic (exact) mass is 223 g/mol. The molecule has 1 aromatic carbocycles. The molecule has 0 aliphatic heterocycles. The van der Waals surface area contributed by atoms with E-state index in [1.165, 1.54) is 19.1 Å². The van der Waals surface area contributed by atoms with Gasteiger partial charge in [-0.25, -0.2) is 0 Å². The van der Waals surface area contributed by atoms with Crippen LogP contribution < -0.4 is 5.32 Å². The summed E-state index contributed by atoms with van der Waals surface area (Å²) in [7, 11) is 0. The van der Waals surface area contributed by atoms with Crippen molar-refractivity contribution in [2.75, 3.05) is 0 Å². The van der Waals surface area contributed by atoms with Gasteiger partial charge in [0.1, 0.15) is 6.04 Å². The molecule has 0 aliphatic rings. The molecule has 86 valence electrons. The van der Waals surface area contributed by atoms with Crippen LogP contribution in [0, 0.1) is 0 Å². The number of carboxylic acids is 1. The first kappa shape index (κ1) is 12.2. The highest BCUT2D eigenvalue weighted by Crippen LogP contribution is 2.04. The van der Waals surface area contributed by atoms with E-state index in [4.69, 9.17) is 10.2 Å². The molecule has 0 saturated heterocycles. The van der Waals surface area contributed by atoms with Gasteiger partial charge in [-0.3, -0.25) is 9.59 Å². The molecule has 0 saturated carbocycles. The van der Waals surface area contributed by atoms with Gasteiger partial charge in [-0.2, -0.15) is 0 Å². The van der Waals surface area contributed by atoms with Crippen LogP contribution in [0.4, 0.5) is 0 Å². The summed E-state index contributed by atoms with van der Waals surface area (Å²) in [5, 5.41) is 19.8. The molecule has 0 heterocycles. The van der Waals surface area contributed by atoms with Gasteiger partial charge in [-0.1, -0.05) is 12.1 Å². The SMILES string of the molecule is C[C@@H](NC(=O)c1ccc(CO)cc1)C(=O)O. The molecule has 0 aromatic heterocycles. The molecule has 0 radical (unpaired) electrons. The molecule has 1 rings (SSSR count). The number of carbonyl (C=O) groups is 2. The van der Waals surface area contributed by atoms with E-state index in [2.05, 4.69) is 5.32 Å². The first-order valence-electron chi connectivity index (χ1n) is 4.78. The van der Waals surface area contributed by atoms with Crippen LogP contribution in [0.5, 0.6) is 0 Å². The summed E-state index contributed by atoms with van der Waals surface area (Å²) < 4.78 is 0. The minimum Gasteiger partial charge on any atom is -0.480 e. The summed E-state index contributed by atoms with van der Waals surface area (Å²) in [6, 6.07) is 5.37. The van der Waals surface area contributed by atoms with Gasteiger partial charge in [-0.05, 0) is 24.6 Å². The Hall–Kier alpha value is -1.88. The van der Waals surface area contributed by atoms with Crippen LogP contribution in [0.2, 0.25) is 0 Å². The van der Waals surface area contributed by atoms with Crippen molar-refractivity contribution in [2.24, 2.45) is 0 Å². The standard InChI is InChI=1S/C11H13NO4/c1-7(11(15)16)12-10(14)9-4-2-8(6-13)3-5-9/h2-5,7,13H,6H2,1H3,(H,12,14)(H,15,16)/t7-/m1/s1. The lowest BCUT2D eigenvalue weighted by Crippen LogP contribution is -2.38. The van der Waals surface area contributed by atoms with E-state index in [9.17, 15) is 9.59 Å². The number of hydrogen-bond acceptors (Lipinski definition) is 3. The van der Waals surface area contributed by atoms with Crippen LogP contribution in [0.3, 0.4) is 0 Å². The highest BCUT2D eigenvalue weighted by atomic mass is 16.4. The maximum absolute atomic E-state index is 11.5. The minimum absolute atomic E-state index is 0.0899. The van der Waals surface area contributed by atoms with Gasteiger partial charge in [0.05, 0.1) is 6.61 Å². The normalized spacial score (nSPS) is 11.9. The zero-order valence-electron chi connectivity index (χ0n) is 8.80. The number of carboxylic acid groups (broad SMARTS) is 1. The quantitative estimate of drug-likeness (QED) is 0.688. The van der Waals surface area contributed by atoms with Gasteiger partial charge in [0.15, 0.2) is 0 Å². The molecule has 0 unspecified atom stereocenters. The number of amides is 1. The number of benzene rings is 1. The highest BCUT2D eigenvalue weighted by molar-refractivity contribution is 5.96. The molecule has 0 fully saturated rings. The summed E-state index contributed by atoms with van der Waals surface area (Å²) in [6.07, 6.45) is 0. The van der Waals surface area contributed by atoms with Crippen molar-refractivity contribution in [2.45, 2.75) is 19.6 Å². The van der Waals surface area contributed by atoms with Crippen molar-refractivity contribution in [1.29, 1.82) is 0 Å². The number of aliphatic hydroxyl groups excluding tert-OH is 1. The Kier molecular flexibility index (Phi) is 4.02. The van der Waals surface area contributed by atoms with E-state index >= 15 is 0 Å². The van der Waals surface area contributed by atoms with Crippen LogP contribution in [-0.4, -0.2) is 28.1 Å². The number of hydrogen-bond donors (Lipinski definition) is 3. The maximum Gasteiger partial charge on any atom is 0.325 e. The third-order valence-electron chi connectivity index (χ3n) is 2.12. The Morgan fingerprint density at radius 1 is 1.31 bits per heavy atom. The average Bonchev–Trinajstić information content (AvgIpc) is 2.28. The van der Waals surface area contributed by atoms with Crippen LogP contribution >= 0.6 is 0 Å². The van der Waals surface area contributed by atoms with Gasteiger partial charge in [0.25, 0.3) is 5.91 Å². The van der Waals surface area contributed by atoms with Gasteiger partial charge < -0.3 is 15.5 Å². The number of nitrogens with one attached hydrogen (secondary N) is 1. The fourth-order valence-corrected chi connectivity index (χ4v) is 1.10. The lowest BCUT2D eigenvalue weighted by molar-refractivity contribution is -0.138. The molecular formula is C11H13NO4. The van der Waals surface area contributed by atoms with Crippen LogP contribution in [-0.2, 0) is 11.4 Å². The molecule has 0 spiro atoms. The van der Waals surface area contributed by atoms with E-state index in [0.717, 1.165) is 0 Å². The summed E-state index contributed by atoms with van der Waals surface area (Å²) in [5.41, 5.74) is 1.06. The van der Waals surface area contributed by atoms with E-state index in [0.29, 0.717) is 11.1 Å². The van der Waals surface area contributed by atoms with E-state index < -0.39 is 17.9 Å². The molecule has 1 aromatic rings. The molecule has 0 aliphatic carbocycles. The molecule has 5 nitrogen and oxygen atoms in total. The molecule has 5 heteroatoms. The van der Waals surface area contributed by atoms with Crippen molar-refractivity contribution in [1.82, 2.24) is 5.32 Å². The van der Waals surface area contributed by atoms with Gasteiger partial charge in [-0.15, -0.1) is 0 Å².